The van der Waals surface area contributed by atoms with E-state index in [0.717, 1.165) is 36.2 Å². The number of ether oxygens (including phenoxy) is 2. The summed E-state index contributed by atoms with van der Waals surface area (Å²) in [6.45, 7) is 2.63. The monoisotopic (exact) mass is 342 g/mol. The van der Waals surface area contributed by atoms with Crippen LogP contribution < -0.4 is 10.5 Å². The van der Waals surface area contributed by atoms with E-state index >= 15 is 0 Å². The summed E-state index contributed by atoms with van der Waals surface area (Å²) in [7, 11) is 3.46. The molecule has 112 valence electrons. The molecule has 0 spiro atoms. The molecule has 1 aliphatic rings. The van der Waals surface area contributed by atoms with Gasteiger partial charge in [-0.15, -0.1) is 0 Å². The van der Waals surface area contributed by atoms with E-state index in [1.807, 2.05) is 6.07 Å². The Hall–Kier alpha value is -0.620. The number of hydrogen-bond donors (Lipinski definition) is 1. The average Bonchev–Trinajstić information content (AvgIpc) is 2.48. The number of rotatable bonds is 5. The van der Waals surface area contributed by atoms with Gasteiger partial charge < -0.3 is 15.2 Å². The molecule has 2 unspecified atom stereocenters. The third kappa shape index (κ3) is 3.52. The minimum atomic E-state index is 0.232. The third-order valence-corrected chi connectivity index (χ3v) is 4.59. The second-order valence-corrected chi connectivity index (χ2v) is 5.99. The molecular formula is C15H23BrN2O2. The van der Waals surface area contributed by atoms with Crippen LogP contribution in [0.2, 0.25) is 0 Å². The molecule has 0 amide bonds. The molecule has 2 N–H and O–H groups in total. The predicted octanol–water partition coefficient (Wildman–Crippen LogP) is 2.57. The summed E-state index contributed by atoms with van der Waals surface area (Å²) in [5.74, 6) is 0.845. The van der Waals surface area contributed by atoms with Crippen LogP contribution in [0.15, 0.2) is 22.7 Å². The first-order valence-electron chi connectivity index (χ1n) is 7.00. The van der Waals surface area contributed by atoms with E-state index in [-0.39, 0.29) is 6.04 Å². The Morgan fingerprint density at radius 3 is 2.85 bits per heavy atom. The van der Waals surface area contributed by atoms with Crippen LogP contribution in [-0.2, 0) is 4.74 Å². The van der Waals surface area contributed by atoms with Crippen molar-refractivity contribution in [1.29, 1.82) is 0 Å². The molecule has 1 aromatic carbocycles. The van der Waals surface area contributed by atoms with Gasteiger partial charge in [0, 0.05) is 26.2 Å². The normalized spacial score (nSPS) is 21.7. The zero-order valence-electron chi connectivity index (χ0n) is 12.1. The number of hydrogen-bond acceptors (Lipinski definition) is 4. The van der Waals surface area contributed by atoms with Gasteiger partial charge in [-0.05, 0) is 53.0 Å². The predicted molar refractivity (Wildman–Crippen MR) is 84.1 cm³/mol. The lowest BCUT2D eigenvalue weighted by molar-refractivity contribution is 0.0155. The highest BCUT2D eigenvalue weighted by atomic mass is 79.9. The highest BCUT2D eigenvalue weighted by Crippen LogP contribution is 2.31. The molecule has 1 fully saturated rings. The molecule has 0 bridgehead atoms. The van der Waals surface area contributed by atoms with E-state index in [2.05, 4.69) is 33.0 Å². The van der Waals surface area contributed by atoms with Gasteiger partial charge in [-0.2, -0.15) is 0 Å². The summed E-state index contributed by atoms with van der Waals surface area (Å²) in [5, 5.41) is 0. The van der Waals surface area contributed by atoms with Crippen molar-refractivity contribution < 1.29 is 9.47 Å². The van der Waals surface area contributed by atoms with Crippen LogP contribution in [0.5, 0.6) is 5.75 Å². The standard InChI is InChI=1S/C15H23BrN2O2/c1-19-12-4-3-7-18(10-12)14(9-17)11-5-6-15(20-2)13(16)8-11/h5-6,8,12,14H,3-4,7,9-10,17H2,1-2H3. The summed E-state index contributed by atoms with van der Waals surface area (Å²) in [6, 6.07) is 6.42. The van der Waals surface area contributed by atoms with Crippen molar-refractivity contribution in [2.45, 2.75) is 25.0 Å². The van der Waals surface area contributed by atoms with Gasteiger partial charge in [0.2, 0.25) is 0 Å². The van der Waals surface area contributed by atoms with Gasteiger partial charge in [-0.3, -0.25) is 4.90 Å². The first kappa shape index (κ1) is 15.8. The second kappa shape index (κ2) is 7.41. The van der Waals surface area contributed by atoms with E-state index in [4.69, 9.17) is 15.2 Å². The Labute approximate surface area is 129 Å². The van der Waals surface area contributed by atoms with Gasteiger partial charge in [-0.25, -0.2) is 0 Å². The second-order valence-electron chi connectivity index (χ2n) is 5.14. The Bertz CT molecular complexity index is 442. The van der Waals surface area contributed by atoms with Crippen LogP contribution in [0.4, 0.5) is 0 Å². The summed E-state index contributed by atoms with van der Waals surface area (Å²) in [4.78, 5) is 2.42. The Kier molecular flexibility index (Phi) is 5.84. The van der Waals surface area contributed by atoms with Crippen molar-refractivity contribution in [3.63, 3.8) is 0 Å². The van der Waals surface area contributed by atoms with Crippen molar-refractivity contribution in [3.8, 4) is 5.75 Å². The minimum absolute atomic E-state index is 0.232. The molecule has 1 heterocycles. The van der Waals surface area contributed by atoms with Crippen molar-refractivity contribution in [2.24, 2.45) is 5.73 Å². The number of piperidine rings is 1. The Morgan fingerprint density at radius 2 is 2.25 bits per heavy atom. The molecule has 0 radical (unpaired) electrons. The molecule has 4 nitrogen and oxygen atoms in total. The van der Waals surface area contributed by atoms with E-state index in [1.165, 1.54) is 5.56 Å². The lowest BCUT2D eigenvalue weighted by Crippen LogP contribution is -2.43. The SMILES string of the molecule is COc1ccc(C(CN)N2CCCC(OC)C2)cc1Br. The molecule has 5 heteroatoms. The van der Waals surface area contributed by atoms with Gasteiger partial charge in [0.15, 0.2) is 0 Å². The molecule has 0 saturated carbocycles. The van der Waals surface area contributed by atoms with Gasteiger partial charge in [0.25, 0.3) is 0 Å². The maximum absolute atomic E-state index is 6.01. The molecule has 20 heavy (non-hydrogen) atoms. The van der Waals surface area contributed by atoms with Crippen LogP contribution in [0.25, 0.3) is 0 Å². The average molecular weight is 343 g/mol. The fraction of sp³-hybridized carbons (Fsp3) is 0.600. The summed E-state index contributed by atoms with van der Waals surface area (Å²) in [5.41, 5.74) is 7.23. The van der Waals surface area contributed by atoms with Gasteiger partial charge >= 0.3 is 0 Å². The maximum Gasteiger partial charge on any atom is 0.133 e. The minimum Gasteiger partial charge on any atom is -0.496 e. The lowest BCUT2D eigenvalue weighted by Gasteiger charge is -2.37. The van der Waals surface area contributed by atoms with Crippen molar-refractivity contribution in [3.05, 3.63) is 28.2 Å². The molecule has 0 aromatic heterocycles. The Balaban J connectivity index is 2.16. The molecular weight excluding hydrogens is 320 g/mol. The largest absolute Gasteiger partial charge is 0.496 e. The number of halogens is 1. The highest BCUT2D eigenvalue weighted by molar-refractivity contribution is 9.10. The number of benzene rings is 1. The van der Waals surface area contributed by atoms with Crippen LogP contribution in [0.1, 0.15) is 24.4 Å². The lowest BCUT2D eigenvalue weighted by atomic mass is 10.0. The van der Waals surface area contributed by atoms with Crippen LogP contribution in [0, 0.1) is 0 Å². The number of nitrogens with two attached hydrogens (primary N) is 1. The number of likely N-dealkylation sites (tertiary alicyclic amines) is 1. The molecule has 1 saturated heterocycles. The van der Waals surface area contributed by atoms with E-state index < -0.39 is 0 Å². The zero-order valence-corrected chi connectivity index (χ0v) is 13.7. The fourth-order valence-electron chi connectivity index (χ4n) is 2.83. The van der Waals surface area contributed by atoms with Crippen LogP contribution in [-0.4, -0.2) is 44.9 Å². The van der Waals surface area contributed by atoms with Crippen molar-refractivity contribution in [2.75, 3.05) is 33.9 Å². The smallest absolute Gasteiger partial charge is 0.133 e. The van der Waals surface area contributed by atoms with E-state index in [9.17, 15) is 0 Å². The van der Waals surface area contributed by atoms with Crippen molar-refractivity contribution in [1.82, 2.24) is 4.90 Å². The fourth-order valence-corrected chi connectivity index (χ4v) is 3.39. The summed E-state index contributed by atoms with van der Waals surface area (Å²) < 4.78 is 11.8. The van der Waals surface area contributed by atoms with Gasteiger partial charge in [0.1, 0.15) is 5.75 Å². The molecule has 1 aliphatic heterocycles. The first-order valence-corrected chi connectivity index (χ1v) is 7.79. The zero-order chi connectivity index (χ0) is 14.5. The summed E-state index contributed by atoms with van der Waals surface area (Å²) in [6.07, 6.45) is 2.61. The first-order chi connectivity index (χ1) is 9.69. The highest BCUT2D eigenvalue weighted by Gasteiger charge is 2.26. The van der Waals surface area contributed by atoms with Crippen LogP contribution in [0.3, 0.4) is 0 Å². The van der Waals surface area contributed by atoms with Crippen molar-refractivity contribution >= 4 is 15.9 Å². The quantitative estimate of drug-likeness (QED) is 0.893. The molecule has 2 rings (SSSR count). The van der Waals surface area contributed by atoms with E-state index in [1.54, 1.807) is 14.2 Å². The third-order valence-electron chi connectivity index (χ3n) is 3.97. The molecule has 1 aromatic rings. The topological polar surface area (TPSA) is 47.7 Å². The molecule has 0 aliphatic carbocycles. The molecule has 2 atom stereocenters. The van der Waals surface area contributed by atoms with Gasteiger partial charge in [0.05, 0.1) is 17.7 Å². The Morgan fingerprint density at radius 1 is 1.45 bits per heavy atom. The summed E-state index contributed by atoms with van der Waals surface area (Å²) >= 11 is 3.55. The van der Waals surface area contributed by atoms with Crippen LogP contribution >= 0.6 is 15.9 Å². The van der Waals surface area contributed by atoms with E-state index in [0.29, 0.717) is 12.6 Å². The van der Waals surface area contributed by atoms with Gasteiger partial charge in [-0.1, -0.05) is 6.07 Å². The number of methoxy groups -OCH3 is 2. The number of nitrogens with zero attached hydrogens (tertiary/aromatic N) is 1. The maximum atomic E-state index is 6.01.